The molecule has 0 unspecified atom stereocenters. The van der Waals surface area contributed by atoms with Gasteiger partial charge in [0.05, 0.1) is 11.1 Å². The van der Waals surface area contributed by atoms with Crippen molar-refractivity contribution in [2.45, 2.75) is 12.6 Å². The van der Waals surface area contributed by atoms with Crippen molar-refractivity contribution in [1.82, 2.24) is 10.6 Å². The lowest BCUT2D eigenvalue weighted by atomic mass is 10.1. The van der Waals surface area contributed by atoms with E-state index in [1.54, 1.807) is 0 Å². The molecule has 1 heterocycles. The van der Waals surface area contributed by atoms with Crippen molar-refractivity contribution < 1.29 is 19.8 Å². The lowest BCUT2D eigenvalue weighted by molar-refractivity contribution is 0.0696. The molecule has 0 atom stereocenters. The fourth-order valence-electron chi connectivity index (χ4n) is 2.08. The van der Waals surface area contributed by atoms with Gasteiger partial charge in [0.2, 0.25) is 0 Å². The number of hydrogen-bond donors (Lipinski definition) is 4. The largest absolute Gasteiger partial charge is 0.478 e. The number of carboxylic acids is 2. The summed E-state index contributed by atoms with van der Waals surface area (Å²) in [5.41, 5.74) is 1.33. The van der Waals surface area contributed by atoms with Crippen LogP contribution in [0.1, 0.15) is 26.3 Å². The monoisotopic (exact) mass is 328 g/mol. The highest BCUT2D eigenvalue weighted by Gasteiger charge is 2.14. The Morgan fingerprint density at radius 3 is 2.00 bits per heavy atom. The van der Waals surface area contributed by atoms with E-state index in [4.69, 9.17) is 10.2 Å². The summed E-state index contributed by atoms with van der Waals surface area (Å²) in [4.78, 5) is 20.8. The van der Waals surface area contributed by atoms with E-state index in [-0.39, 0.29) is 11.1 Å². The molecule has 0 aromatic heterocycles. The minimum absolute atomic E-state index is 0.0186. The zero-order valence-corrected chi connectivity index (χ0v) is 13.1. The molecule has 0 bridgehead atoms. The summed E-state index contributed by atoms with van der Waals surface area (Å²) in [6.45, 7) is 3.23. The van der Waals surface area contributed by atoms with Crippen LogP contribution < -0.4 is 10.6 Å². The first-order valence-electron chi connectivity index (χ1n) is 7.61. The van der Waals surface area contributed by atoms with Crippen LogP contribution in [-0.4, -0.2) is 41.3 Å². The second kappa shape index (κ2) is 8.81. The average molecular weight is 328 g/mol. The fourth-order valence-corrected chi connectivity index (χ4v) is 2.08. The third kappa shape index (κ3) is 5.49. The number of carboxylic acid groups (broad SMARTS) is 2. The number of benzene rings is 2. The molecule has 3 rings (SSSR count). The molecule has 1 fully saturated rings. The third-order valence-electron chi connectivity index (χ3n) is 3.58. The van der Waals surface area contributed by atoms with E-state index >= 15 is 0 Å². The SMILES string of the molecule is O=C(O)c1cccc(C(=O)O)c1.c1ccc(CNC2CNC2)cc1. The molecule has 6 nitrogen and oxygen atoms in total. The molecule has 0 saturated carbocycles. The standard InChI is InChI=1S/C10H14N2.C8H6O4/c1-2-4-9(5-3-1)6-12-10-7-11-8-10;9-7(10)5-2-1-3-6(4-5)8(11)12/h1-5,10-12H,6-8H2;1-4H,(H,9,10)(H,11,12). The zero-order valence-electron chi connectivity index (χ0n) is 13.1. The summed E-state index contributed by atoms with van der Waals surface area (Å²) in [6, 6.07) is 16.4. The first-order valence-corrected chi connectivity index (χ1v) is 7.61. The molecule has 1 aliphatic heterocycles. The summed E-state index contributed by atoms with van der Waals surface area (Å²) in [5.74, 6) is -2.25. The summed E-state index contributed by atoms with van der Waals surface area (Å²) in [6.07, 6.45) is 0. The lowest BCUT2D eigenvalue weighted by Gasteiger charge is -2.28. The molecule has 6 heteroatoms. The fraction of sp³-hybridized carbons (Fsp3) is 0.222. The Morgan fingerprint density at radius 2 is 1.54 bits per heavy atom. The van der Waals surface area contributed by atoms with Crippen molar-refractivity contribution in [2.24, 2.45) is 0 Å². The predicted molar refractivity (Wildman–Crippen MR) is 90.3 cm³/mol. The molecule has 0 radical (unpaired) electrons. The first kappa shape index (κ1) is 17.7. The van der Waals surface area contributed by atoms with Crippen LogP contribution in [0.2, 0.25) is 0 Å². The van der Waals surface area contributed by atoms with Gasteiger partial charge in [-0.2, -0.15) is 0 Å². The van der Waals surface area contributed by atoms with Crippen LogP contribution in [0.15, 0.2) is 54.6 Å². The van der Waals surface area contributed by atoms with E-state index in [1.807, 2.05) is 0 Å². The van der Waals surface area contributed by atoms with Crippen LogP contribution in [0.5, 0.6) is 0 Å². The minimum atomic E-state index is -1.13. The normalized spacial score (nSPS) is 13.3. The molecule has 1 aliphatic rings. The average Bonchev–Trinajstić information content (AvgIpc) is 2.55. The van der Waals surface area contributed by atoms with Gasteiger partial charge in [0.15, 0.2) is 0 Å². The van der Waals surface area contributed by atoms with Gasteiger partial charge in [0.1, 0.15) is 0 Å². The van der Waals surface area contributed by atoms with E-state index in [0.29, 0.717) is 6.04 Å². The van der Waals surface area contributed by atoms with Crippen molar-refractivity contribution >= 4 is 11.9 Å². The van der Waals surface area contributed by atoms with Crippen molar-refractivity contribution in [3.63, 3.8) is 0 Å². The first-order chi connectivity index (χ1) is 11.6. The highest BCUT2D eigenvalue weighted by Crippen LogP contribution is 2.04. The maximum absolute atomic E-state index is 10.4. The van der Waals surface area contributed by atoms with Crippen molar-refractivity contribution in [3.05, 3.63) is 71.3 Å². The van der Waals surface area contributed by atoms with Gasteiger partial charge < -0.3 is 20.8 Å². The molecule has 0 amide bonds. The zero-order chi connectivity index (χ0) is 17.4. The Bertz CT molecular complexity index is 655. The Morgan fingerprint density at radius 1 is 0.958 bits per heavy atom. The summed E-state index contributed by atoms with van der Waals surface area (Å²) >= 11 is 0. The van der Waals surface area contributed by atoms with Crippen LogP contribution in [0.25, 0.3) is 0 Å². The van der Waals surface area contributed by atoms with Crippen LogP contribution in [0.4, 0.5) is 0 Å². The van der Waals surface area contributed by atoms with Crippen LogP contribution in [0, 0.1) is 0 Å². The van der Waals surface area contributed by atoms with Crippen molar-refractivity contribution in [3.8, 4) is 0 Å². The summed E-state index contributed by atoms with van der Waals surface area (Å²) in [7, 11) is 0. The molecule has 2 aromatic carbocycles. The van der Waals surface area contributed by atoms with Crippen LogP contribution in [-0.2, 0) is 6.54 Å². The maximum atomic E-state index is 10.4. The molecular formula is C18H20N2O4. The van der Waals surface area contributed by atoms with E-state index in [0.717, 1.165) is 25.7 Å². The lowest BCUT2D eigenvalue weighted by Crippen LogP contribution is -2.54. The summed E-state index contributed by atoms with van der Waals surface area (Å²) in [5, 5.41) is 23.7. The van der Waals surface area contributed by atoms with Gasteiger partial charge in [-0.15, -0.1) is 0 Å². The van der Waals surface area contributed by atoms with Gasteiger partial charge in [-0.25, -0.2) is 9.59 Å². The quantitative estimate of drug-likeness (QED) is 0.668. The predicted octanol–water partition coefficient (Wildman–Crippen LogP) is 1.83. The van der Waals surface area contributed by atoms with Gasteiger partial charge in [0, 0.05) is 25.7 Å². The molecule has 126 valence electrons. The van der Waals surface area contributed by atoms with E-state index in [2.05, 4.69) is 41.0 Å². The second-order valence-corrected chi connectivity index (χ2v) is 5.41. The third-order valence-corrected chi connectivity index (χ3v) is 3.58. The smallest absolute Gasteiger partial charge is 0.335 e. The topological polar surface area (TPSA) is 98.7 Å². The second-order valence-electron chi connectivity index (χ2n) is 5.41. The number of hydrogen-bond acceptors (Lipinski definition) is 4. The molecule has 0 spiro atoms. The summed E-state index contributed by atoms with van der Waals surface area (Å²) < 4.78 is 0. The highest BCUT2D eigenvalue weighted by molar-refractivity contribution is 5.93. The number of nitrogens with one attached hydrogen (secondary N) is 2. The molecule has 2 aromatic rings. The van der Waals surface area contributed by atoms with Gasteiger partial charge >= 0.3 is 11.9 Å². The highest BCUT2D eigenvalue weighted by atomic mass is 16.4. The van der Waals surface area contributed by atoms with E-state index < -0.39 is 11.9 Å². The van der Waals surface area contributed by atoms with Gasteiger partial charge in [0.25, 0.3) is 0 Å². The van der Waals surface area contributed by atoms with E-state index in [1.165, 1.54) is 23.8 Å². The van der Waals surface area contributed by atoms with Crippen molar-refractivity contribution in [2.75, 3.05) is 13.1 Å². The molecule has 4 N–H and O–H groups in total. The van der Waals surface area contributed by atoms with E-state index in [9.17, 15) is 9.59 Å². The number of carbonyl (C=O) groups is 2. The van der Waals surface area contributed by atoms with Gasteiger partial charge in [-0.05, 0) is 23.8 Å². The minimum Gasteiger partial charge on any atom is -0.478 e. The maximum Gasteiger partial charge on any atom is 0.335 e. The molecular weight excluding hydrogens is 308 g/mol. The van der Waals surface area contributed by atoms with Crippen LogP contribution in [0.3, 0.4) is 0 Å². The molecule has 0 aliphatic carbocycles. The molecule has 1 saturated heterocycles. The molecule has 24 heavy (non-hydrogen) atoms. The Hall–Kier alpha value is -2.70. The number of aromatic carboxylic acids is 2. The van der Waals surface area contributed by atoms with Crippen LogP contribution >= 0.6 is 0 Å². The van der Waals surface area contributed by atoms with Gasteiger partial charge in [-0.1, -0.05) is 36.4 Å². The Kier molecular flexibility index (Phi) is 6.48. The Balaban J connectivity index is 0.000000174. The number of rotatable bonds is 5. The van der Waals surface area contributed by atoms with Crippen molar-refractivity contribution in [1.29, 1.82) is 0 Å². The Labute approximate surface area is 140 Å². The van der Waals surface area contributed by atoms with Gasteiger partial charge in [-0.3, -0.25) is 0 Å².